The summed E-state index contributed by atoms with van der Waals surface area (Å²) in [5, 5.41) is 8.29. The van der Waals surface area contributed by atoms with Crippen LogP contribution in [-0.2, 0) is 19.5 Å². The van der Waals surface area contributed by atoms with Crippen molar-refractivity contribution in [2.24, 2.45) is 0 Å². The summed E-state index contributed by atoms with van der Waals surface area (Å²) in [6, 6.07) is 0. The summed E-state index contributed by atoms with van der Waals surface area (Å²) in [7, 11) is 0. The van der Waals surface area contributed by atoms with Crippen molar-refractivity contribution in [3.8, 4) is 0 Å². The average molecular weight is 292 g/mol. The summed E-state index contributed by atoms with van der Waals surface area (Å²) in [4.78, 5) is 7.43. The molecule has 106 valence electrons. The van der Waals surface area contributed by atoms with E-state index in [1.54, 1.807) is 0 Å². The molecule has 0 saturated carbocycles. The second-order valence-electron chi connectivity index (χ2n) is 4.67. The molecule has 3 aromatic heterocycles. The van der Waals surface area contributed by atoms with Crippen molar-refractivity contribution >= 4 is 23.4 Å². The fourth-order valence-corrected chi connectivity index (χ4v) is 2.62. The number of imidazole rings is 1. The Kier molecular flexibility index (Phi) is 3.17. The van der Waals surface area contributed by atoms with E-state index in [9.17, 15) is 0 Å². The minimum atomic E-state index is 0.623. The standard InChI is InChI=1S/C12H16N6OS/c1-4-18-11-10(7(2)15-18)14-12(20)17(11)6-5-9-13-8(3)16-19-9/h4-6H2,1-3H3,(H,14,20). The molecule has 0 aliphatic heterocycles. The van der Waals surface area contributed by atoms with Gasteiger partial charge in [0.2, 0.25) is 5.89 Å². The molecular formula is C12H16N6OS. The Morgan fingerprint density at radius 3 is 2.80 bits per heavy atom. The summed E-state index contributed by atoms with van der Waals surface area (Å²) < 4.78 is 9.82. The van der Waals surface area contributed by atoms with Gasteiger partial charge in [0.1, 0.15) is 5.52 Å². The lowest BCUT2D eigenvalue weighted by Gasteiger charge is -2.04. The summed E-state index contributed by atoms with van der Waals surface area (Å²) in [6.45, 7) is 7.34. The third-order valence-electron chi connectivity index (χ3n) is 3.25. The number of nitrogens with zero attached hydrogens (tertiary/aromatic N) is 5. The fourth-order valence-electron chi connectivity index (χ4n) is 2.34. The van der Waals surface area contributed by atoms with Crippen LogP contribution in [0.4, 0.5) is 0 Å². The van der Waals surface area contributed by atoms with Crippen molar-refractivity contribution < 1.29 is 4.52 Å². The highest BCUT2D eigenvalue weighted by atomic mass is 32.1. The van der Waals surface area contributed by atoms with E-state index in [-0.39, 0.29) is 0 Å². The number of aromatic amines is 1. The molecule has 0 fully saturated rings. The van der Waals surface area contributed by atoms with Crippen molar-refractivity contribution in [1.29, 1.82) is 0 Å². The lowest BCUT2D eigenvalue weighted by atomic mass is 10.4. The first kappa shape index (κ1) is 13.0. The highest BCUT2D eigenvalue weighted by molar-refractivity contribution is 7.71. The van der Waals surface area contributed by atoms with Crippen LogP contribution in [0.5, 0.6) is 0 Å². The van der Waals surface area contributed by atoms with Crippen LogP contribution >= 0.6 is 12.2 Å². The molecule has 20 heavy (non-hydrogen) atoms. The molecule has 3 rings (SSSR count). The fraction of sp³-hybridized carbons (Fsp3) is 0.500. The maximum atomic E-state index is 5.39. The van der Waals surface area contributed by atoms with E-state index < -0.39 is 0 Å². The Hall–Kier alpha value is -1.96. The third-order valence-corrected chi connectivity index (χ3v) is 3.57. The Balaban J connectivity index is 1.98. The second kappa shape index (κ2) is 4.86. The predicted molar refractivity (Wildman–Crippen MR) is 76.1 cm³/mol. The SMILES string of the molecule is CCn1nc(C)c2[nH]c(=S)n(CCc3nc(C)no3)c21. The molecule has 0 unspecified atom stereocenters. The number of hydrogen-bond acceptors (Lipinski definition) is 5. The van der Waals surface area contributed by atoms with Gasteiger partial charge in [0.15, 0.2) is 16.2 Å². The molecule has 0 aliphatic carbocycles. The van der Waals surface area contributed by atoms with E-state index in [0.717, 1.165) is 23.4 Å². The summed E-state index contributed by atoms with van der Waals surface area (Å²) in [6.07, 6.45) is 0.649. The van der Waals surface area contributed by atoms with E-state index in [2.05, 4.69) is 27.1 Å². The van der Waals surface area contributed by atoms with Crippen LogP contribution in [0.1, 0.15) is 24.3 Å². The van der Waals surface area contributed by atoms with Crippen LogP contribution in [0.25, 0.3) is 11.2 Å². The van der Waals surface area contributed by atoms with Gasteiger partial charge in [-0.05, 0) is 33.0 Å². The van der Waals surface area contributed by atoms with Crippen molar-refractivity contribution in [1.82, 2.24) is 29.5 Å². The Labute approximate surface area is 120 Å². The van der Waals surface area contributed by atoms with Gasteiger partial charge in [0.05, 0.1) is 5.69 Å². The first-order valence-corrected chi connectivity index (χ1v) is 6.96. The van der Waals surface area contributed by atoms with E-state index in [1.807, 2.05) is 23.1 Å². The van der Waals surface area contributed by atoms with E-state index >= 15 is 0 Å². The van der Waals surface area contributed by atoms with Crippen LogP contribution in [0, 0.1) is 18.6 Å². The zero-order valence-electron chi connectivity index (χ0n) is 11.7. The topological polar surface area (TPSA) is 77.5 Å². The van der Waals surface area contributed by atoms with Gasteiger partial charge >= 0.3 is 0 Å². The third kappa shape index (κ3) is 2.05. The molecule has 0 atom stereocenters. The zero-order chi connectivity index (χ0) is 14.3. The number of H-pyrrole nitrogens is 1. The quantitative estimate of drug-likeness (QED) is 0.746. The molecule has 0 radical (unpaired) electrons. The highest BCUT2D eigenvalue weighted by Gasteiger charge is 2.14. The van der Waals surface area contributed by atoms with Gasteiger partial charge in [-0.15, -0.1) is 0 Å². The normalized spacial score (nSPS) is 11.6. The highest BCUT2D eigenvalue weighted by Crippen LogP contribution is 2.18. The molecule has 0 spiro atoms. The van der Waals surface area contributed by atoms with Crippen molar-refractivity contribution in [3.63, 3.8) is 0 Å². The molecule has 3 heterocycles. The van der Waals surface area contributed by atoms with Crippen LogP contribution < -0.4 is 0 Å². The van der Waals surface area contributed by atoms with E-state index in [0.29, 0.717) is 29.5 Å². The molecule has 7 nitrogen and oxygen atoms in total. The monoisotopic (exact) mass is 292 g/mol. The number of aryl methyl sites for hydroxylation is 5. The van der Waals surface area contributed by atoms with E-state index in [4.69, 9.17) is 16.7 Å². The smallest absolute Gasteiger partial charge is 0.228 e. The van der Waals surface area contributed by atoms with Crippen LogP contribution in [0.3, 0.4) is 0 Å². The van der Waals surface area contributed by atoms with Crippen molar-refractivity contribution in [3.05, 3.63) is 22.2 Å². The van der Waals surface area contributed by atoms with Crippen LogP contribution in [0.2, 0.25) is 0 Å². The molecular weight excluding hydrogens is 276 g/mol. The number of fused-ring (bicyclic) bond motifs is 1. The summed E-state index contributed by atoms with van der Waals surface area (Å²) in [5.41, 5.74) is 2.98. The van der Waals surface area contributed by atoms with Crippen molar-refractivity contribution in [2.45, 2.75) is 40.3 Å². The Morgan fingerprint density at radius 2 is 2.15 bits per heavy atom. The molecule has 0 aliphatic rings. The molecule has 1 N–H and O–H groups in total. The number of aromatic nitrogens is 6. The summed E-state index contributed by atoms with van der Waals surface area (Å²) in [5.74, 6) is 1.27. The maximum Gasteiger partial charge on any atom is 0.228 e. The average Bonchev–Trinajstić information content (AvgIpc) is 3.05. The molecule has 8 heteroatoms. The van der Waals surface area contributed by atoms with Gasteiger partial charge in [0.25, 0.3) is 0 Å². The van der Waals surface area contributed by atoms with Crippen LogP contribution in [0.15, 0.2) is 4.52 Å². The number of rotatable bonds is 4. The first-order valence-electron chi connectivity index (χ1n) is 6.55. The lowest BCUT2D eigenvalue weighted by Crippen LogP contribution is -2.07. The zero-order valence-corrected chi connectivity index (χ0v) is 12.5. The second-order valence-corrected chi connectivity index (χ2v) is 5.05. The predicted octanol–water partition coefficient (Wildman–Crippen LogP) is 2.16. The largest absolute Gasteiger partial charge is 0.339 e. The molecule has 0 aromatic carbocycles. The van der Waals surface area contributed by atoms with Gasteiger partial charge < -0.3 is 14.1 Å². The molecule has 0 bridgehead atoms. The van der Waals surface area contributed by atoms with Gasteiger partial charge in [-0.3, -0.25) is 0 Å². The summed E-state index contributed by atoms with van der Waals surface area (Å²) >= 11 is 5.39. The minimum Gasteiger partial charge on any atom is -0.339 e. The maximum absolute atomic E-state index is 5.39. The lowest BCUT2D eigenvalue weighted by molar-refractivity contribution is 0.368. The van der Waals surface area contributed by atoms with Gasteiger partial charge in [-0.1, -0.05) is 5.16 Å². The molecule has 0 amide bonds. The molecule has 0 saturated heterocycles. The number of hydrogen-bond donors (Lipinski definition) is 1. The van der Waals surface area contributed by atoms with Gasteiger partial charge in [-0.25, -0.2) is 4.68 Å². The van der Waals surface area contributed by atoms with Gasteiger partial charge in [-0.2, -0.15) is 10.1 Å². The Morgan fingerprint density at radius 1 is 1.35 bits per heavy atom. The van der Waals surface area contributed by atoms with E-state index in [1.165, 1.54) is 0 Å². The number of nitrogens with one attached hydrogen (secondary N) is 1. The molecule has 3 aromatic rings. The Bertz CT molecular complexity index is 808. The van der Waals surface area contributed by atoms with Gasteiger partial charge in [0, 0.05) is 19.5 Å². The minimum absolute atomic E-state index is 0.623. The first-order chi connectivity index (χ1) is 9.60. The van der Waals surface area contributed by atoms with Crippen LogP contribution in [-0.4, -0.2) is 29.5 Å². The van der Waals surface area contributed by atoms with Crippen molar-refractivity contribution in [2.75, 3.05) is 0 Å².